The van der Waals surface area contributed by atoms with E-state index in [9.17, 15) is 14.9 Å². The number of carboxylic acid groups (broad SMARTS) is 1. The van der Waals surface area contributed by atoms with Crippen LogP contribution in [0.2, 0.25) is 0 Å². The fraction of sp³-hybridized carbons (Fsp3) is 0.462. The molecule has 2 rings (SSSR count). The summed E-state index contributed by atoms with van der Waals surface area (Å²) in [6.45, 7) is 0.508. The van der Waals surface area contributed by atoms with Crippen LogP contribution in [-0.4, -0.2) is 22.6 Å². The third-order valence-corrected chi connectivity index (χ3v) is 3.42. The standard InChI is InChI=1S/C13H15NO5/c15-13(16)11-5-4-10(8-12(11)14(17)18)19-7-6-9-2-1-3-9/h4-5,8-9H,1-3,6-7H2,(H,15,16). The van der Waals surface area contributed by atoms with Gasteiger partial charge in [-0.05, 0) is 24.5 Å². The lowest BCUT2D eigenvalue weighted by molar-refractivity contribution is -0.385. The summed E-state index contributed by atoms with van der Waals surface area (Å²) in [5.41, 5.74) is -0.759. The number of hydrogen-bond donors (Lipinski definition) is 1. The van der Waals surface area contributed by atoms with E-state index in [-0.39, 0.29) is 5.56 Å². The maximum absolute atomic E-state index is 10.8. The molecule has 102 valence electrons. The van der Waals surface area contributed by atoms with Crippen molar-refractivity contribution in [2.75, 3.05) is 6.61 Å². The summed E-state index contributed by atoms with van der Waals surface area (Å²) in [5.74, 6) is -0.267. The first kappa shape index (κ1) is 13.3. The van der Waals surface area contributed by atoms with E-state index in [2.05, 4.69) is 0 Å². The second-order valence-electron chi connectivity index (χ2n) is 4.68. The Bertz CT molecular complexity index is 496. The largest absolute Gasteiger partial charge is 0.493 e. The van der Waals surface area contributed by atoms with Gasteiger partial charge in [0.1, 0.15) is 11.3 Å². The predicted molar refractivity (Wildman–Crippen MR) is 67.5 cm³/mol. The molecule has 6 heteroatoms. The van der Waals surface area contributed by atoms with Crippen molar-refractivity contribution < 1.29 is 19.6 Å². The van der Waals surface area contributed by atoms with Crippen molar-refractivity contribution in [3.05, 3.63) is 33.9 Å². The van der Waals surface area contributed by atoms with Crippen molar-refractivity contribution in [2.24, 2.45) is 5.92 Å². The van der Waals surface area contributed by atoms with Crippen LogP contribution in [0.3, 0.4) is 0 Å². The Hall–Kier alpha value is -2.11. The van der Waals surface area contributed by atoms with Gasteiger partial charge in [-0.1, -0.05) is 19.3 Å². The summed E-state index contributed by atoms with van der Waals surface area (Å²) >= 11 is 0. The van der Waals surface area contributed by atoms with Gasteiger partial charge in [-0.15, -0.1) is 0 Å². The topological polar surface area (TPSA) is 89.7 Å². The average Bonchev–Trinajstić information content (AvgIpc) is 2.31. The monoisotopic (exact) mass is 265 g/mol. The smallest absolute Gasteiger partial charge is 0.342 e. The van der Waals surface area contributed by atoms with Crippen molar-refractivity contribution in [3.8, 4) is 5.75 Å². The minimum absolute atomic E-state index is 0.323. The molecule has 0 amide bonds. The quantitative estimate of drug-likeness (QED) is 0.631. The molecule has 1 N–H and O–H groups in total. The first-order valence-corrected chi connectivity index (χ1v) is 6.22. The highest BCUT2D eigenvalue weighted by atomic mass is 16.6. The van der Waals surface area contributed by atoms with E-state index in [0.29, 0.717) is 18.3 Å². The minimum Gasteiger partial charge on any atom is -0.493 e. The van der Waals surface area contributed by atoms with E-state index in [4.69, 9.17) is 9.84 Å². The maximum Gasteiger partial charge on any atom is 0.342 e. The molecule has 6 nitrogen and oxygen atoms in total. The molecule has 0 spiro atoms. The summed E-state index contributed by atoms with van der Waals surface area (Å²) < 4.78 is 5.44. The lowest BCUT2D eigenvalue weighted by atomic mass is 9.83. The summed E-state index contributed by atoms with van der Waals surface area (Å²) in [6, 6.07) is 3.83. The number of aromatic carboxylic acids is 1. The molecule has 1 saturated carbocycles. The molecule has 1 aromatic carbocycles. The van der Waals surface area contributed by atoms with Crippen LogP contribution in [0.4, 0.5) is 5.69 Å². The second kappa shape index (κ2) is 5.69. The second-order valence-corrected chi connectivity index (χ2v) is 4.68. The fourth-order valence-corrected chi connectivity index (χ4v) is 2.06. The Balaban J connectivity index is 2.02. The van der Waals surface area contributed by atoms with Gasteiger partial charge in [0.15, 0.2) is 0 Å². The zero-order valence-electron chi connectivity index (χ0n) is 10.4. The van der Waals surface area contributed by atoms with E-state index in [1.807, 2.05) is 0 Å². The molecule has 0 heterocycles. The molecule has 0 atom stereocenters. The SMILES string of the molecule is O=C(O)c1ccc(OCCC2CCC2)cc1[N+](=O)[O-]. The molecule has 0 radical (unpaired) electrons. The van der Waals surface area contributed by atoms with Gasteiger partial charge in [0.25, 0.3) is 5.69 Å². The molecule has 1 fully saturated rings. The van der Waals surface area contributed by atoms with Gasteiger partial charge < -0.3 is 9.84 Å². The van der Waals surface area contributed by atoms with Crippen molar-refractivity contribution >= 4 is 11.7 Å². The highest BCUT2D eigenvalue weighted by Crippen LogP contribution is 2.30. The van der Waals surface area contributed by atoms with Crippen LogP contribution in [-0.2, 0) is 0 Å². The van der Waals surface area contributed by atoms with Crippen LogP contribution in [0.1, 0.15) is 36.0 Å². The number of ether oxygens (including phenoxy) is 1. The number of nitro groups is 1. The summed E-state index contributed by atoms with van der Waals surface area (Å²) in [4.78, 5) is 20.9. The Morgan fingerprint density at radius 1 is 1.47 bits per heavy atom. The molecule has 0 aromatic heterocycles. The van der Waals surface area contributed by atoms with Gasteiger partial charge in [-0.2, -0.15) is 0 Å². The van der Waals surface area contributed by atoms with Crippen LogP contribution in [0.15, 0.2) is 18.2 Å². The molecule has 1 aliphatic rings. The third kappa shape index (κ3) is 3.21. The number of carboxylic acids is 1. The molecule has 19 heavy (non-hydrogen) atoms. The average molecular weight is 265 g/mol. The molecular formula is C13H15NO5. The van der Waals surface area contributed by atoms with E-state index in [1.165, 1.54) is 37.5 Å². The van der Waals surface area contributed by atoms with E-state index < -0.39 is 16.6 Å². The van der Waals surface area contributed by atoms with Gasteiger partial charge in [0, 0.05) is 0 Å². The van der Waals surface area contributed by atoms with Crippen molar-refractivity contribution in [3.63, 3.8) is 0 Å². The number of benzene rings is 1. The highest BCUT2D eigenvalue weighted by Gasteiger charge is 2.21. The highest BCUT2D eigenvalue weighted by molar-refractivity contribution is 5.92. The number of hydrogen-bond acceptors (Lipinski definition) is 4. The zero-order chi connectivity index (χ0) is 13.8. The van der Waals surface area contributed by atoms with Crippen molar-refractivity contribution in [1.29, 1.82) is 0 Å². The van der Waals surface area contributed by atoms with E-state index in [1.54, 1.807) is 0 Å². The van der Waals surface area contributed by atoms with Gasteiger partial charge in [-0.25, -0.2) is 4.79 Å². The zero-order valence-corrected chi connectivity index (χ0v) is 10.4. The fourth-order valence-electron chi connectivity index (χ4n) is 2.06. The molecule has 1 aliphatic carbocycles. The van der Waals surface area contributed by atoms with Crippen molar-refractivity contribution in [2.45, 2.75) is 25.7 Å². The summed E-state index contributed by atoms with van der Waals surface area (Å²) in [7, 11) is 0. The Labute approximate surface area is 110 Å². The van der Waals surface area contributed by atoms with Crippen LogP contribution in [0, 0.1) is 16.0 Å². The molecule has 1 aromatic rings. The number of rotatable bonds is 6. The van der Waals surface area contributed by atoms with Crippen LogP contribution in [0.5, 0.6) is 5.75 Å². The maximum atomic E-state index is 10.8. The lowest BCUT2D eigenvalue weighted by Crippen LogP contribution is -2.14. The Morgan fingerprint density at radius 3 is 2.74 bits per heavy atom. The van der Waals surface area contributed by atoms with Crippen LogP contribution >= 0.6 is 0 Å². The number of nitro benzene ring substituents is 1. The van der Waals surface area contributed by atoms with E-state index in [0.717, 1.165) is 6.42 Å². The van der Waals surface area contributed by atoms with Gasteiger partial charge in [0.2, 0.25) is 0 Å². The summed E-state index contributed by atoms with van der Waals surface area (Å²) in [6.07, 6.45) is 4.65. The minimum atomic E-state index is -1.31. The predicted octanol–water partition coefficient (Wildman–Crippen LogP) is 2.86. The number of carbonyl (C=O) groups is 1. The molecule has 0 saturated heterocycles. The molecule has 0 aliphatic heterocycles. The number of nitrogens with zero attached hydrogens (tertiary/aromatic N) is 1. The summed E-state index contributed by atoms with van der Waals surface area (Å²) in [5, 5.41) is 19.7. The normalized spacial score (nSPS) is 14.7. The molecular weight excluding hydrogens is 250 g/mol. The van der Waals surface area contributed by atoms with Crippen LogP contribution in [0.25, 0.3) is 0 Å². The third-order valence-electron chi connectivity index (χ3n) is 3.42. The van der Waals surface area contributed by atoms with E-state index >= 15 is 0 Å². The Morgan fingerprint density at radius 2 is 2.21 bits per heavy atom. The first-order valence-electron chi connectivity index (χ1n) is 6.22. The van der Waals surface area contributed by atoms with Gasteiger partial charge in [-0.3, -0.25) is 10.1 Å². The Kier molecular flexibility index (Phi) is 3.99. The lowest BCUT2D eigenvalue weighted by Gasteiger charge is -2.24. The van der Waals surface area contributed by atoms with Gasteiger partial charge in [0.05, 0.1) is 17.6 Å². The van der Waals surface area contributed by atoms with Gasteiger partial charge >= 0.3 is 5.97 Å². The van der Waals surface area contributed by atoms with Crippen molar-refractivity contribution in [1.82, 2.24) is 0 Å². The molecule has 0 unspecified atom stereocenters. The van der Waals surface area contributed by atoms with Crippen LogP contribution < -0.4 is 4.74 Å². The molecule has 0 bridgehead atoms. The first-order chi connectivity index (χ1) is 9.08.